The first-order valence-electron chi connectivity index (χ1n) is 11.3. The molecule has 3 aromatic rings. The Bertz CT molecular complexity index is 1190. The Hall–Kier alpha value is -3.45. The summed E-state index contributed by atoms with van der Waals surface area (Å²) in [7, 11) is 0. The van der Waals surface area contributed by atoms with Crippen LogP contribution in [0.4, 0.5) is 0 Å². The summed E-state index contributed by atoms with van der Waals surface area (Å²) in [5, 5.41) is 10.2. The fourth-order valence-corrected chi connectivity index (χ4v) is 5.37. The summed E-state index contributed by atoms with van der Waals surface area (Å²) in [4.78, 5) is 31.7. The van der Waals surface area contributed by atoms with Crippen LogP contribution in [0.25, 0.3) is 10.9 Å². The Kier molecular flexibility index (Phi) is 5.50. The van der Waals surface area contributed by atoms with Gasteiger partial charge in [0.2, 0.25) is 5.91 Å². The molecule has 2 aliphatic rings. The maximum Gasteiger partial charge on any atom is 0.266 e. The highest BCUT2D eigenvalue weighted by atomic mass is 16.5. The van der Waals surface area contributed by atoms with Crippen molar-refractivity contribution >= 4 is 22.7 Å². The molecule has 0 spiro atoms. The molecule has 2 saturated heterocycles. The topological polar surface area (TPSA) is 91.8 Å². The van der Waals surface area contributed by atoms with Crippen molar-refractivity contribution in [3.05, 3.63) is 71.9 Å². The van der Waals surface area contributed by atoms with Crippen LogP contribution < -0.4 is 10.2 Å². The van der Waals surface area contributed by atoms with E-state index in [-0.39, 0.29) is 11.9 Å². The smallest absolute Gasteiger partial charge is 0.266 e. The number of piperidine rings is 1. The van der Waals surface area contributed by atoms with Crippen molar-refractivity contribution < 1.29 is 19.5 Å². The van der Waals surface area contributed by atoms with E-state index < -0.39 is 17.4 Å². The number of nitrogens with one attached hydrogen (secondary N) is 1. The Balaban J connectivity index is 1.33. The molecular weight excluding hydrogens is 418 g/mol. The van der Waals surface area contributed by atoms with Gasteiger partial charge in [-0.05, 0) is 62.4 Å². The first-order valence-corrected chi connectivity index (χ1v) is 11.3. The summed E-state index contributed by atoms with van der Waals surface area (Å²) in [6, 6.07) is 17.0. The number of para-hydroxylation sites is 1. The number of nitrogens with zero attached hydrogens (tertiary/aromatic N) is 2. The third-order valence-electron chi connectivity index (χ3n) is 7.13. The van der Waals surface area contributed by atoms with Crippen LogP contribution in [-0.4, -0.2) is 39.0 Å². The lowest BCUT2D eigenvalue weighted by Crippen LogP contribution is -2.53. The first kappa shape index (κ1) is 21.4. The number of hydrogen-bond acceptors (Lipinski definition) is 5. The van der Waals surface area contributed by atoms with Crippen LogP contribution in [0.15, 0.2) is 60.8 Å². The van der Waals surface area contributed by atoms with Gasteiger partial charge in [-0.3, -0.25) is 19.8 Å². The molecule has 0 bridgehead atoms. The second-order valence-corrected chi connectivity index (χ2v) is 9.13. The molecule has 3 atom stereocenters. The second kappa shape index (κ2) is 8.48. The predicted molar refractivity (Wildman–Crippen MR) is 123 cm³/mol. The monoisotopic (exact) mass is 445 g/mol. The van der Waals surface area contributed by atoms with Crippen LogP contribution in [0.3, 0.4) is 0 Å². The molecule has 0 radical (unpaired) electrons. The summed E-state index contributed by atoms with van der Waals surface area (Å²) in [6.45, 7) is 2.37. The predicted octanol–water partition coefficient (Wildman–Crippen LogP) is 3.73. The van der Waals surface area contributed by atoms with E-state index in [4.69, 9.17) is 9.94 Å². The van der Waals surface area contributed by atoms with Crippen molar-refractivity contribution in [1.29, 1.82) is 0 Å². The van der Waals surface area contributed by atoms with E-state index in [1.54, 1.807) is 16.6 Å². The summed E-state index contributed by atoms with van der Waals surface area (Å²) >= 11 is 0. The van der Waals surface area contributed by atoms with E-state index in [0.29, 0.717) is 19.4 Å². The van der Waals surface area contributed by atoms with Gasteiger partial charge in [0.1, 0.15) is 18.4 Å². The van der Waals surface area contributed by atoms with Gasteiger partial charge in [-0.1, -0.05) is 30.3 Å². The van der Waals surface area contributed by atoms with Gasteiger partial charge in [0.25, 0.3) is 5.91 Å². The zero-order valence-electron chi connectivity index (χ0n) is 18.5. The van der Waals surface area contributed by atoms with Gasteiger partial charge in [0, 0.05) is 23.2 Å². The molecule has 2 N–H and O–H groups in total. The molecular formula is C26H27N3O4. The van der Waals surface area contributed by atoms with Crippen LogP contribution in [0.2, 0.25) is 0 Å². The normalized spacial score (nSPS) is 24.5. The Morgan fingerprint density at radius 1 is 1.18 bits per heavy atom. The number of carbonyl (C=O) groups excluding carboxylic acids is 2. The minimum absolute atomic E-state index is 0.00875. The number of rotatable bonds is 5. The van der Waals surface area contributed by atoms with Gasteiger partial charge in [0.05, 0.1) is 10.9 Å². The van der Waals surface area contributed by atoms with E-state index in [0.717, 1.165) is 40.6 Å². The van der Waals surface area contributed by atoms with Crippen molar-refractivity contribution in [3.8, 4) is 5.75 Å². The minimum atomic E-state index is -0.706. The molecule has 33 heavy (non-hydrogen) atoms. The van der Waals surface area contributed by atoms with Crippen molar-refractivity contribution in [1.82, 2.24) is 15.4 Å². The molecule has 2 aromatic carbocycles. The maximum absolute atomic E-state index is 13.4. The highest BCUT2D eigenvalue weighted by Crippen LogP contribution is 2.44. The summed E-state index contributed by atoms with van der Waals surface area (Å²) in [6.07, 6.45) is 4.75. The van der Waals surface area contributed by atoms with E-state index in [9.17, 15) is 9.59 Å². The molecule has 170 valence electrons. The van der Waals surface area contributed by atoms with Gasteiger partial charge >= 0.3 is 0 Å². The molecule has 2 aliphatic heterocycles. The fraction of sp³-hybridized carbons (Fsp3) is 0.346. The van der Waals surface area contributed by atoms with Crippen LogP contribution in [0.5, 0.6) is 5.75 Å². The average molecular weight is 446 g/mol. The highest BCUT2D eigenvalue weighted by molar-refractivity contribution is 5.95. The number of pyridine rings is 1. The molecule has 0 unspecified atom stereocenters. The van der Waals surface area contributed by atoms with Crippen molar-refractivity contribution in [2.45, 2.75) is 56.7 Å². The van der Waals surface area contributed by atoms with Gasteiger partial charge in [-0.15, -0.1) is 0 Å². The number of carbonyl (C=O) groups is 2. The summed E-state index contributed by atoms with van der Waals surface area (Å²) in [5.41, 5.74) is 3.93. The Labute approximate surface area is 192 Å². The molecule has 2 fully saturated rings. The zero-order valence-corrected chi connectivity index (χ0v) is 18.5. The van der Waals surface area contributed by atoms with Crippen molar-refractivity contribution in [3.63, 3.8) is 0 Å². The lowest BCUT2D eigenvalue weighted by molar-refractivity contribution is -0.147. The number of hydrogen-bond donors (Lipinski definition) is 2. The Morgan fingerprint density at radius 2 is 1.97 bits per heavy atom. The molecule has 7 heteroatoms. The van der Waals surface area contributed by atoms with Crippen LogP contribution >= 0.6 is 0 Å². The minimum Gasteiger partial charge on any atom is -0.489 e. The molecule has 1 aromatic heterocycles. The highest BCUT2D eigenvalue weighted by Gasteiger charge is 2.53. The van der Waals surface area contributed by atoms with E-state index >= 15 is 0 Å². The molecule has 0 saturated carbocycles. The molecule has 0 aliphatic carbocycles. The van der Waals surface area contributed by atoms with Gasteiger partial charge in [0.15, 0.2) is 0 Å². The van der Waals surface area contributed by atoms with Crippen LogP contribution in [-0.2, 0) is 21.6 Å². The number of ether oxygens (including phenoxy) is 1. The number of fused-ring (bicyclic) bond motifs is 2. The largest absolute Gasteiger partial charge is 0.489 e. The number of aromatic nitrogens is 1. The third kappa shape index (κ3) is 3.72. The number of hydroxylamine groups is 1. The third-order valence-corrected chi connectivity index (χ3v) is 7.13. The summed E-state index contributed by atoms with van der Waals surface area (Å²) < 4.78 is 6.03. The average Bonchev–Trinajstić information content (AvgIpc) is 3.13. The van der Waals surface area contributed by atoms with E-state index in [2.05, 4.69) is 4.98 Å². The van der Waals surface area contributed by atoms with E-state index in [1.165, 1.54) is 0 Å². The quantitative estimate of drug-likeness (QED) is 0.461. The standard InChI is InChI=1S/C26H27N3O4/c1-26(15-19-5-4-8-23(24(30)28-32)29(19)25(26)31)18-9-11-20(12-10-18)33-16-17-13-14-27-22-7-3-2-6-21(17)22/h2-3,6-7,9-14,19,23,32H,4-5,8,15-16H2,1H3,(H,28,30)/t19-,23+,26+/m1/s1. The van der Waals surface area contributed by atoms with Crippen LogP contribution in [0, 0.1) is 0 Å². The van der Waals surface area contributed by atoms with Gasteiger partial charge < -0.3 is 9.64 Å². The Morgan fingerprint density at radius 3 is 2.76 bits per heavy atom. The van der Waals surface area contributed by atoms with Crippen molar-refractivity contribution in [2.75, 3.05) is 0 Å². The van der Waals surface area contributed by atoms with Gasteiger partial charge in [-0.2, -0.15) is 0 Å². The maximum atomic E-state index is 13.4. The van der Waals surface area contributed by atoms with Gasteiger partial charge in [-0.25, -0.2) is 5.48 Å². The first-order chi connectivity index (χ1) is 16.0. The molecule has 2 amide bonds. The lowest BCUT2D eigenvalue weighted by atomic mass is 9.79. The van der Waals surface area contributed by atoms with E-state index in [1.807, 2.05) is 61.5 Å². The number of benzene rings is 2. The molecule has 5 rings (SSSR count). The number of amides is 2. The fourth-order valence-electron chi connectivity index (χ4n) is 5.37. The second-order valence-electron chi connectivity index (χ2n) is 9.13. The van der Waals surface area contributed by atoms with Crippen molar-refractivity contribution in [2.24, 2.45) is 0 Å². The lowest BCUT2D eigenvalue weighted by Gasteiger charge is -2.36. The molecule has 7 nitrogen and oxygen atoms in total. The zero-order chi connectivity index (χ0) is 23.0. The summed E-state index contributed by atoms with van der Waals surface area (Å²) in [5.74, 6) is 0.159. The SMILES string of the molecule is C[C@@]1(c2ccc(OCc3ccnc4ccccc34)cc2)C[C@H]2CCC[C@@H](C(=O)NO)N2C1=O. The molecule has 3 heterocycles. The van der Waals surface area contributed by atoms with Crippen LogP contribution in [0.1, 0.15) is 43.7 Å².